The van der Waals surface area contributed by atoms with Crippen LogP contribution >= 0.6 is 0 Å². The monoisotopic (exact) mass is 347 g/mol. The Labute approximate surface area is 144 Å². The molecule has 0 aromatic heterocycles. The summed E-state index contributed by atoms with van der Waals surface area (Å²) in [6.07, 6.45) is 0. The molecule has 0 aliphatic rings. The van der Waals surface area contributed by atoms with Crippen LogP contribution in [0.25, 0.3) is 0 Å². The molecule has 0 saturated carbocycles. The maximum absolute atomic E-state index is 12.9. The molecule has 0 atom stereocenters. The first kappa shape index (κ1) is 18.3. The predicted molar refractivity (Wildman–Crippen MR) is 98.3 cm³/mol. The zero-order valence-electron chi connectivity index (χ0n) is 14.9. The summed E-state index contributed by atoms with van der Waals surface area (Å²) in [6, 6.07) is 12.6. The molecule has 4 nitrogen and oxygen atoms in total. The predicted octanol–water partition coefficient (Wildman–Crippen LogP) is 4.49. The van der Waals surface area contributed by atoms with Gasteiger partial charge in [-0.05, 0) is 49.1 Å². The topological polar surface area (TPSA) is 55.4 Å². The van der Waals surface area contributed by atoms with Crippen molar-refractivity contribution in [2.24, 2.45) is 0 Å². The van der Waals surface area contributed by atoms with E-state index < -0.39 is 10.0 Å². The third-order valence-electron chi connectivity index (χ3n) is 3.70. The number of aryl methyl sites for hydroxylation is 1. The van der Waals surface area contributed by atoms with Gasteiger partial charge in [0, 0.05) is 5.69 Å². The molecule has 0 amide bonds. The first-order valence-electron chi connectivity index (χ1n) is 8.00. The van der Waals surface area contributed by atoms with E-state index in [4.69, 9.17) is 4.74 Å². The standard InChI is InChI=1S/C19H25NO3S/c1-6-23-17-12-9-15(19(3,4)5)13-18(17)24(21,22)20-16-10-7-14(2)8-11-16/h7-13,20H,6H2,1-5H3. The van der Waals surface area contributed by atoms with Gasteiger partial charge in [-0.15, -0.1) is 0 Å². The average molecular weight is 347 g/mol. The second-order valence-electron chi connectivity index (χ2n) is 6.82. The van der Waals surface area contributed by atoms with Gasteiger partial charge in [-0.3, -0.25) is 4.72 Å². The van der Waals surface area contributed by atoms with Crippen molar-refractivity contribution >= 4 is 15.7 Å². The molecule has 0 saturated heterocycles. The minimum absolute atomic E-state index is 0.154. The second kappa shape index (κ2) is 6.85. The van der Waals surface area contributed by atoms with E-state index in [1.54, 1.807) is 24.3 Å². The van der Waals surface area contributed by atoms with Gasteiger partial charge in [0.05, 0.1) is 6.61 Å². The van der Waals surface area contributed by atoms with Crippen LogP contribution in [0.5, 0.6) is 5.75 Å². The largest absolute Gasteiger partial charge is 0.492 e. The van der Waals surface area contributed by atoms with Gasteiger partial charge in [-0.1, -0.05) is 44.5 Å². The van der Waals surface area contributed by atoms with Crippen molar-refractivity contribution in [3.05, 3.63) is 53.6 Å². The number of anilines is 1. The van der Waals surface area contributed by atoms with Crippen LogP contribution in [-0.4, -0.2) is 15.0 Å². The van der Waals surface area contributed by atoms with Crippen molar-refractivity contribution in [2.45, 2.75) is 44.9 Å². The summed E-state index contributed by atoms with van der Waals surface area (Å²) in [7, 11) is -3.74. The lowest BCUT2D eigenvalue weighted by Crippen LogP contribution is -2.17. The normalized spacial score (nSPS) is 12.0. The fraction of sp³-hybridized carbons (Fsp3) is 0.368. The second-order valence-corrected chi connectivity index (χ2v) is 8.47. The van der Waals surface area contributed by atoms with Crippen LogP contribution < -0.4 is 9.46 Å². The van der Waals surface area contributed by atoms with Crippen LogP contribution in [0.4, 0.5) is 5.69 Å². The fourth-order valence-corrected chi connectivity index (χ4v) is 3.52. The molecule has 2 rings (SSSR count). The molecule has 0 aliphatic carbocycles. The van der Waals surface area contributed by atoms with Gasteiger partial charge >= 0.3 is 0 Å². The fourth-order valence-electron chi connectivity index (χ4n) is 2.29. The highest BCUT2D eigenvalue weighted by atomic mass is 32.2. The van der Waals surface area contributed by atoms with Crippen molar-refractivity contribution in [3.63, 3.8) is 0 Å². The summed E-state index contributed by atoms with van der Waals surface area (Å²) in [6.45, 7) is 10.3. The van der Waals surface area contributed by atoms with Crippen LogP contribution in [0.3, 0.4) is 0 Å². The van der Waals surface area contributed by atoms with Crippen molar-refractivity contribution in [1.29, 1.82) is 0 Å². The summed E-state index contributed by atoms with van der Waals surface area (Å²) in [4.78, 5) is 0.164. The Morgan fingerprint density at radius 1 is 1.04 bits per heavy atom. The number of rotatable bonds is 5. The Balaban J connectivity index is 2.48. The lowest BCUT2D eigenvalue weighted by molar-refractivity contribution is 0.331. The number of hydrogen-bond acceptors (Lipinski definition) is 3. The first-order chi connectivity index (χ1) is 11.1. The Morgan fingerprint density at radius 3 is 2.21 bits per heavy atom. The molecular formula is C19H25NO3S. The maximum Gasteiger partial charge on any atom is 0.265 e. The minimum Gasteiger partial charge on any atom is -0.492 e. The molecule has 0 bridgehead atoms. The van der Waals surface area contributed by atoms with E-state index in [2.05, 4.69) is 4.72 Å². The van der Waals surface area contributed by atoms with Gasteiger partial charge in [-0.2, -0.15) is 0 Å². The van der Waals surface area contributed by atoms with Crippen molar-refractivity contribution in [1.82, 2.24) is 0 Å². The molecule has 2 aromatic carbocycles. The Kier molecular flexibility index (Phi) is 5.23. The van der Waals surface area contributed by atoms with Gasteiger partial charge in [-0.25, -0.2) is 8.42 Å². The third kappa shape index (κ3) is 4.29. The highest BCUT2D eigenvalue weighted by Gasteiger charge is 2.24. The van der Waals surface area contributed by atoms with Gasteiger partial charge in [0.15, 0.2) is 0 Å². The summed E-state index contributed by atoms with van der Waals surface area (Å²) in [5, 5.41) is 0. The molecule has 0 spiro atoms. The molecule has 1 N–H and O–H groups in total. The molecule has 0 unspecified atom stereocenters. The Bertz CT molecular complexity index is 803. The molecular weight excluding hydrogens is 322 g/mol. The van der Waals surface area contributed by atoms with Crippen LogP contribution in [0.15, 0.2) is 47.4 Å². The number of ether oxygens (including phenoxy) is 1. The summed E-state index contributed by atoms with van der Waals surface area (Å²) in [5.41, 5.74) is 2.39. The third-order valence-corrected chi connectivity index (χ3v) is 5.11. The van der Waals surface area contributed by atoms with Crippen LogP contribution in [0.1, 0.15) is 38.8 Å². The quantitative estimate of drug-likeness (QED) is 0.867. The van der Waals surface area contributed by atoms with Crippen LogP contribution in [0, 0.1) is 6.92 Å². The molecule has 0 fully saturated rings. The highest BCUT2D eigenvalue weighted by Crippen LogP contribution is 2.32. The van der Waals surface area contributed by atoms with E-state index >= 15 is 0 Å². The highest BCUT2D eigenvalue weighted by molar-refractivity contribution is 7.92. The number of nitrogens with one attached hydrogen (secondary N) is 1. The van der Waals surface area contributed by atoms with E-state index in [1.807, 2.05) is 52.8 Å². The zero-order chi connectivity index (χ0) is 18.0. The van der Waals surface area contributed by atoms with E-state index in [0.29, 0.717) is 18.0 Å². The molecule has 0 radical (unpaired) electrons. The zero-order valence-corrected chi connectivity index (χ0v) is 15.7. The summed E-state index contributed by atoms with van der Waals surface area (Å²) in [5.74, 6) is 0.366. The Hall–Kier alpha value is -2.01. The van der Waals surface area contributed by atoms with E-state index in [-0.39, 0.29) is 10.3 Å². The van der Waals surface area contributed by atoms with Crippen molar-refractivity contribution in [3.8, 4) is 5.75 Å². The Morgan fingerprint density at radius 2 is 1.67 bits per heavy atom. The minimum atomic E-state index is -3.74. The van der Waals surface area contributed by atoms with Crippen molar-refractivity contribution in [2.75, 3.05) is 11.3 Å². The van der Waals surface area contributed by atoms with Crippen LogP contribution in [0.2, 0.25) is 0 Å². The van der Waals surface area contributed by atoms with Crippen LogP contribution in [-0.2, 0) is 15.4 Å². The first-order valence-corrected chi connectivity index (χ1v) is 9.48. The van der Waals surface area contributed by atoms with E-state index in [0.717, 1.165) is 11.1 Å². The van der Waals surface area contributed by atoms with Gasteiger partial charge in [0.2, 0.25) is 0 Å². The van der Waals surface area contributed by atoms with Gasteiger partial charge in [0.25, 0.3) is 10.0 Å². The molecule has 0 aliphatic heterocycles. The van der Waals surface area contributed by atoms with E-state index in [9.17, 15) is 8.42 Å². The smallest absolute Gasteiger partial charge is 0.265 e. The molecule has 5 heteroatoms. The molecule has 2 aromatic rings. The maximum atomic E-state index is 12.9. The molecule has 0 heterocycles. The van der Waals surface area contributed by atoms with Gasteiger partial charge < -0.3 is 4.74 Å². The lowest BCUT2D eigenvalue weighted by atomic mass is 9.87. The summed E-state index contributed by atoms with van der Waals surface area (Å²) < 4.78 is 33.9. The molecule has 130 valence electrons. The number of sulfonamides is 1. The summed E-state index contributed by atoms with van der Waals surface area (Å²) >= 11 is 0. The average Bonchev–Trinajstić information content (AvgIpc) is 2.49. The number of benzene rings is 2. The van der Waals surface area contributed by atoms with Gasteiger partial charge in [0.1, 0.15) is 10.6 Å². The molecule has 24 heavy (non-hydrogen) atoms. The van der Waals surface area contributed by atoms with Crippen molar-refractivity contribution < 1.29 is 13.2 Å². The SMILES string of the molecule is CCOc1ccc(C(C)(C)C)cc1S(=O)(=O)Nc1ccc(C)cc1. The number of hydrogen-bond donors (Lipinski definition) is 1. The lowest BCUT2D eigenvalue weighted by Gasteiger charge is -2.21. The van der Waals surface area contributed by atoms with E-state index in [1.165, 1.54) is 0 Å².